The van der Waals surface area contributed by atoms with Crippen LogP contribution in [0.15, 0.2) is 41.2 Å². The third-order valence-electron chi connectivity index (χ3n) is 2.34. The maximum atomic E-state index is 9.98. The molecule has 96 valence electrons. The fourth-order valence-corrected chi connectivity index (χ4v) is 2.03. The van der Waals surface area contributed by atoms with Crippen LogP contribution in [0.5, 0.6) is 0 Å². The SMILES string of the molecule is C\C=C/C(O)=C(\C=C/C)c1cc(C)c(SC)nn1. The highest BCUT2D eigenvalue weighted by molar-refractivity contribution is 7.98. The van der Waals surface area contributed by atoms with Crippen molar-refractivity contribution in [1.82, 2.24) is 10.2 Å². The first kappa shape index (κ1) is 14.5. The lowest BCUT2D eigenvalue weighted by molar-refractivity contribution is 0.435. The molecule has 1 heterocycles. The van der Waals surface area contributed by atoms with E-state index in [0.29, 0.717) is 11.3 Å². The molecule has 1 aromatic heterocycles. The highest BCUT2D eigenvalue weighted by Gasteiger charge is 2.08. The Morgan fingerprint density at radius 3 is 2.39 bits per heavy atom. The van der Waals surface area contributed by atoms with Crippen LogP contribution in [-0.2, 0) is 0 Å². The third kappa shape index (κ3) is 3.47. The predicted molar refractivity (Wildman–Crippen MR) is 77.7 cm³/mol. The van der Waals surface area contributed by atoms with E-state index in [1.165, 1.54) is 0 Å². The topological polar surface area (TPSA) is 46.0 Å². The lowest BCUT2D eigenvalue weighted by atomic mass is 10.1. The molecule has 18 heavy (non-hydrogen) atoms. The highest BCUT2D eigenvalue weighted by atomic mass is 32.2. The van der Waals surface area contributed by atoms with Crippen LogP contribution < -0.4 is 0 Å². The number of allylic oxidation sites excluding steroid dienone is 5. The van der Waals surface area contributed by atoms with Crippen LogP contribution in [0.25, 0.3) is 5.57 Å². The van der Waals surface area contributed by atoms with E-state index in [4.69, 9.17) is 0 Å². The number of hydrogen-bond donors (Lipinski definition) is 1. The Kier molecular flexibility index (Phi) is 5.65. The standard InChI is InChI=1S/C14H18N2OS/c1-5-7-11(13(17)8-6-2)12-9-10(3)14(18-4)16-15-12/h5-9,17H,1-4H3/b7-5-,8-6-,13-11-. The van der Waals surface area contributed by atoms with Gasteiger partial charge in [0.25, 0.3) is 0 Å². The van der Waals surface area contributed by atoms with Gasteiger partial charge in [-0.2, -0.15) is 0 Å². The lowest BCUT2D eigenvalue weighted by Crippen LogP contribution is -1.97. The van der Waals surface area contributed by atoms with E-state index in [-0.39, 0.29) is 5.76 Å². The fraction of sp³-hybridized carbons (Fsp3) is 0.286. The van der Waals surface area contributed by atoms with Gasteiger partial charge in [-0.1, -0.05) is 18.2 Å². The molecule has 0 radical (unpaired) electrons. The van der Waals surface area contributed by atoms with Gasteiger partial charge in [0.05, 0.1) is 5.69 Å². The first-order valence-corrected chi connectivity index (χ1v) is 6.93. The Morgan fingerprint density at radius 1 is 1.22 bits per heavy atom. The molecule has 0 aliphatic rings. The predicted octanol–water partition coefficient (Wildman–Crippen LogP) is 3.93. The summed E-state index contributed by atoms with van der Waals surface area (Å²) in [4.78, 5) is 0. The number of hydrogen-bond acceptors (Lipinski definition) is 4. The van der Waals surface area contributed by atoms with Crippen LogP contribution in [0.1, 0.15) is 25.1 Å². The molecule has 1 N–H and O–H groups in total. The van der Waals surface area contributed by atoms with Gasteiger partial charge < -0.3 is 5.11 Å². The molecule has 1 rings (SSSR count). The van der Waals surface area contributed by atoms with Crippen molar-refractivity contribution in [2.75, 3.05) is 6.26 Å². The zero-order chi connectivity index (χ0) is 13.5. The summed E-state index contributed by atoms with van der Waals surface area (Å²) in [7, 11) is 0. The van der Waals surface area contributed by atoms with Gasteiger partial charge >= 0.3 is 0 Å². The summed E-state index contributed by atoms with van der Waals surface area (Å²) in [6, 6.07) is 1.94. The highest BCUT2D eigenvalue weighted by Crippen LogP contribution is 2.22. The number of aryl methyl sites for hydroxylation is 1. The summed E-state index contributed by atoms with van der Waals surface area (Å²) in [5.41, 5.74) is 2.42. The Bertz CT molecular complexity index is 505. The van der Waals surface area contributed by atoms with Crippen molar-refractivity contribution in [2.24, 2.45) is 0 Å². The van der Waals surface area contributed by atoms with E-state index in [1.54, 1.807) is 23.9 Å². The van der Waals surface area contributed by atoms with Gasteiger partial charge in [-0.15, -0.1) is 22.0 Å². The molecule has 0 aliphatic carbocycles. The van der Waals surface area contributed by atoms with Crippen LogP contribution in [0.4, 0.5) is 0 Å². The monoisotopic (exact) mass is 262 g/mol. The summed E-state index contributed by atoms with van der Waals surface area (Å²) in [5, 5.41) is 19.2. The summed E-state index contributed by atoms with van der Waals surface area (Å²) < 4.78 is 0. The summed E-state index contributed by atoms with van der Waals surface area (Å²) >= 11 is 1.56. The molecule has 0 atom stereocenters. The van der Waals surface area contributed by atoms with E-state index in [0.717, 1.165) is 10.6 Å². The maximum Gasteiger partial charge on any atom is 0.124 e. The molecule has 0 aliphatic heterocycles. The van der Waals surface area contributed by atoms with Crippen molar-refractivity contribution < 1.29 is 5.11 Å². The minimum Gasteiger partial charge on any atom is -0.507 e. The molecule has 0 saturated carbocycles. The quantitative estimate of drug-likeness (QED) is 0.507. The Labute approximate surface area is 112 Å². The molecular weight excluding hydrogens is 244 g/mol. The molecule has 3 nitrogen and oxygen atoms in total. The number of aromatic nitrogens is 2. The van der Waals surface area contributed by atoms with Crippen molar-refractivity contribution >= 4 is 17.3 Å². The Balaban J connectivity index is 3.31. The molecule has 0 saturated heterocycles. The number of nitrogens with zero attached hydrogens (tertiary/aromatic N) is 2. The average Bonchev–Trinajstić information content (AvgIpc) is 2.36. The van der Waals surface area contributed by atoms with Crippen LogP contribution in [-0.4, -0.2) is 21.6 Å². The molecule has 4 heteroatoms. The average molecular weight is 262 g/mol. The van der Waals surface area contributed by atoms with Gasteiger partial charge in [-0.25, -0.2) is 0 Å². The van der Waals surface area contributed by atoms with Gasteiger partial charge in [-0.05, 0) is 44.7 Å². The zero-order valence-electron chi connectivity index (χ0n) is 11.1. The third-order valence-corrected chi connectivity index (χ3v) is 3.13. The number of rotatable bonds is 4. The van der Waals surface area contributed by atoms with E-state index in [2.05, 4.69) is 10.2 Å². The maximum absolute atomic E-state index is 9.98. The molecule has 0 spiro atoms. The van der Waals surface area contributed by atoms with Crippen LogP contribution >= 0.6 is 11.8 Å². The normalized spacial score (nSPS) is 13.3. The molecule has 0 unspecified atom stereocenters. The second kappa shape index (κ2) is 7.01. The molecule has 1 aromatic rings. The van der Waals surface area contributed by atoms with Crippen molar-refractivity contribution in [3.05, 3.63) is 47.4 Å². The smallest absolute Gasteiger partial charge is 0.124 e. The number of aliphatic hydroxyl groups is 1. The van der Waals surface area contributed by atoms with Gasteiger partial charge in [0.15, 0.2) is 0 Å². The van der Waals surface area contributed by atoms with Crippen LogP contribution in [0.2, 0.25) is 0 Å². The zero-order valence-corrected chi connectivity index (χ0v) is 12.0. The van der Waals surface area contributed by atoms with Crippen molar-refractivity contribution in [2.45, 2.75) is 25.8 Å². The second-order valence-corrected chi connectivity index (χ2v) is 4.52. The number of thioether (sulfide) groups is 1. The van der Waals surface area contributed by atoms with Crippen LogP contribution in [0.3, 0.4) is 0 Å². The van der Waals surface area contributed by atoms with Crippen molar-refractivity contribution in [3.8, 4) is 0 Å². The second-order valence-electron chi connectivity index (χ2n) is 3.72. The minimum atomic E-state index is 0.196. The summed E-state index contributed by atoms with van der Waals surface area (Å²) in [6.07, 6.45) is 9.10. The van der Waals surface area contributed by atoms with E-state index in [1.807, 2.05) is 45.2 Å². The summed E-state index contributed by atoms with van der Waals surface area (Å²) in [5.74, 6) is 0.196. The lowest BCUT2D eigenvalue weighted by Gasteiger charge is -2.06. The van der Waals surface area contributed by atoms with E-state index < -0.39 is 0 Å². The summed E-state index contributed by atoms with van der Waals surface area (Å²) in [6.45, 7) is 5.75. The Hall–Kier alpha value is -1.55. The first-order valence-electron chi connectivity index (χ1n) is 5.71. The van der Waals surface area contributed by atoms with Gasteiger partial charge in [0.2, 0.25) is 0 Å². The number of aliphatic hydroxyl groups excluding tert-OH is 1. The molecule has 0 aromatic carbocycles. The van der Waals surface area contributed by atoms with Gasteiger partial charge in [-0.3, -0.25) is 0 Å². The molecule has 0 amide bonds. The molecular formula is C14H18N2OS. The van der Waals surface area contributed by atoms with E-state index in [9.17, 15) is 5.11 Å². The fourth-order valence-electron chi connectivity index (χ4n) is 1.52. The molecule has 0 fully saturated rings. The van der Waals surface area contributed by atoms with Crippen molar-refractivity contribution in [3.63, 3.8) is 0 Å². The minimum absolute atomic E-state index is 0.196. The van der Waals surface area contributed by atoms with Crippen LogP contribution in [0, 0.1) is 6.92 Å². The van der Waals surface area contributed by atoms with Gasteiger partial charge in [0, 0.05) is 5.57 Å². The van der Waals surface area contributed by atoms with Crippen molar-refractivity contribution in [1.29, 1.82) is 0 Å². The largest absolute Gasteiger partial charge is 0.507 e. The van der Waals surface area contributed by atoms with Gasteiger partial charge in [0.1, 0.15) is 10.8 Å². The Morgan fingerprint density at radius 2 is 1.89 bits per heavy atom. The first-order chi connectivity index (χ1) is 8.63. The van der Waals surface area contributed by atoms with E-state index >= 15 is 0 Å². The molecule has 0 bridgehead atoms.